The first-order valence-electron chi connectivity index (χ1n) is 5.43. The quantitative estimate of drug-likeness (QED) is 0.764. The van der Waals surface area contributed by atoms with Crippen LogP contribution in [0.2, 0.25) is 5.02 Å². The lowest BCUT2D eigenvalue weighted by atomic mass is 10.1. The summed E-state index contributed by atoms with van der Waals surface area (Å²) in [5.74, 6) is -0.796. The Labute approximate surface area is 123 Å². The monoisotopic (exact) mass is 342 g/mol. The predicted molar refractivity (Wildman–Crippen MR) is 75.4 cm³/mol. The number of carbonyl (C=O) groups is 1. The summed E-state index contributed by atoms with van der Waals surface area (Å²) in [6, 6.07) is 10.9. The van der Waals surface area contributed by atoms with Crippen molar-refractivity contribution >= 4 is 33.3 Å². The average Bonchev–Trinajstić information content (AvgIpc) is 2.40. The van der Waals surface area contributed by atoms with Gasteiger partial charge in [-0.1, -0.05) is 39.7 Å². The highest BCUT2D eigenvalue weighted by Gasteiger charge is 2.12. The second kappa shape index (κ2) is 6.17. The molecule has 0 spiro atoms. The summed E-state index contributed by atoms with van der Waals surface area (Å²) in [7, 11) is 0. The Morgan fingerprint density at radius 1 is 1.26 bits per heavy atom. The van der Waals surface area contributed by atoms with E-state index in [1.165, 1.54) is 12.1 Å². The number of hydrogen-bond acceptors (Lipinski definition) is 2. The van der Waals surface area contributed by atoms with Gasteiger partial charge < -0.3 is 4.74 Å². The Morgan fingerprint density at radius 2 is 2.00 bits per heavy atom. The van der Waals surface area contributed by atoms with Crippen molar-refractivity contribution in [3.05, 3.63) is 63.3 Å². The van der Waals surface area contributed by atoms with Gasteiger partial charge in [0.25, 0.3) is 0 Å². The third kappa shape index (κ3) is 3.55. The van der Waals surface area contributed by atoms with Gasteiger partial charge >= 0.3 is 0 Å². The zero-order valence-corrected chi connectivity index (χ0v) is 12.0. The lowest BCUT2D eigenvalue weighted by molar-refractivity contribution is 0.0919. The molecule has 0 saturated heterocycles. The normalized spacial score (nSPS) is 10.3. The van der Waals surface area contributed by atoms with E-state index in [0.29, 0.717) is 15.1 Å². The van der Waals surface area contributed by atoms with Gasteiger partial charge in [-0.25, -0.2) is 4.39 Å². The Kier molecular flexibility index (Phi) is 4.56. The molecule has 5 heteroatoms. The summed E-state index contributed by atoms with van der Waals surface area (Å²) >= 11 is 9.11. The number of benzene rings is 2. The number of rotatable bonds is 4. The van der Waals surface area contributed by atoms with E-state index in [-0.39, 0.29) is 18.1 Å². The highest BCUT2D eigenvalue weighted by molar-refractivity contribution is 9.10. The minimum absolute atomic E-state index is 0.0229. The van der Waals surface area contributed by atoms with Gasteiger partial charge in [-0.3, -0.25) is 4.79 Å². The van der Waals surface area contributed by atoms with Gasteiger partial charge in [0.15, 0.2) is 18.2 Å². The summed E-state index contributed by atoms with van der Waals surface area (Å²) in [6.07, 6.45) is 0. The van der Waals surface area contributed by atoms with Gasteiger partial charge in [-0.05, 0) is 30.3 Å². The topological polar surface area (TPSA) is 26.3 Å². The minimum atomic E-state index is -0.518. The first kappa shape index (κ1) is 14.0. The zero-order valence-electron chi connectivity index (χ0n) is 9.70. The lowest BCUT2D eigenvalue weighted by Gasteiger charge is -2.07. The fourth-order valence-corrected chi connectivity index (χ4v) is 2.08. The lowest BCUT2D eigenvalue weighted by Crippen LogP contribution is -2.12. The standard InChI is InChI=1S/C14H9BrClFO2/c15-9-5-6-12(17)14(7-9)19-8-13(18)10-3-1-2-4-11(10)16/h1-7H,8H2. The highest BCUT2D eigenvalue weighted by Crippen LogP contribution is 2.23. The number of halogens is 3. The highest BCUT2D eigenvalue weighted by atomic mass is 79.9. The van der Waals surface area contributed by atoms with Crippen LogP contribution in [0.4, 0.5) is 4.39 Å². The zero-order chi connectivity index (χ0) is 13.8. The molecular formula is C14H9BrClFO2. The van der Waals surface area contributed by atoms with E-state index in [2.05, 4.69) is 15.9 Å². The van der Waals surface area contributed by atoms with Crippen molar-refractivity contribution in [3.8, 4) is 5.75 Å². The van der Waals surface area contributed by atoms with E-state index in [9.17, 15) is 9.18 Å². The van der Waals surface area contributed by atoms with Gasteiger partial charge in [0.05, 0.1) is 5.02 Å². The van der Waals surface area contributed by atoms with Crippen LogP contribution in [0.25, 0.3) is 0 Å². The summed E-state index contributed by atoms with van der Waals surface area (Å²) in [5, 5.41) is 0.353. The van der Waals surface area contributed by atoms with Gasteiger partial charge in [-0.15, -0.1) is 0 Å². The summed E-state index contributed by atoms with van der Waals surface area (Å²) in [4.78, 5) is 11.9. The number of carbonyl (C=O) groups excluding carboxylic acids is 1. The van der Waals surface area contributed by atoms with E-state index >= 15 is 0 Å². The molecule has 0 fully saturated rings. The van der Waals surface area contributed by atoms with Crippen LogP contribution in [0, 0.1) is 5.82 Å². The maximum Gasteiger partial charge on any atom is 0.201 e. The second-order valence-electron chi connectivity index (χ2n) is 3.77. The first-order chi connectivity index (χ1) is 9.08. The van der Waals surface area contributed by atoms with Crippen molar-refractivity contribution in [1.29, 1.82) is 0 Å². The Hall–Kier alpha value is -1.39. The molecular weight excluding hydrogens is 335 g/mol. The van der Waals surface area contributed by atoms with Gasteiger partial charge in [0.2, 0.25) is 5.78 Å². The second-order valence-corrected chi connectivity index (χ2v) is 5.09. The van der Waals surface area contributed by atoms with Crippen LogP contribution in [0.5, 0.6) is 5.75 Å². The van der Waals surface area contributed by atoms with E-state index < -0.39 is 5.82 Å². The molecule has 98 valence electrons. The third-order valence-corrected chi connectivity index (χ3v) is 3.25. The largest absolute Gasteiger partial charge is 0.482 e. The van der Waals surface area contributed by atoms with Crippen molar-refractivity contribution in [2.24, 2.45) is 0 Å². The SMILES string of the molecule is O=C(COc1cc(Br)ccc1F)c1ccccc1Cl. The molecule has 2 nitrogen and oxygen atoms in total. The molecule has 0 N–H and O–H groups in total. The van der Waals surface area contributed by atoms with Crippen LogP contribution in [-0.2, 0) is 0 Å². The Balaban J connectivity index is 2.09. The van der Waals surface area contributed by atoms with Crippen molar-refractivity contribution in [1.82, 2.24) is 0 Å². The molecule has 2 rings (SSSR count). The van der Waals surface area contributed by atoms with Crippen molar-refractivity contribution < 1.29 is 13.9 Å². The molecule has 0 unspecified atom stereocenters. The fraction of sp³-hybridized carbons (Fsp3) is 0.0714. The van der Waals surface area contributed by atoms with E-state index in [4.69, 9.17) is 16.3 Å². The van der Waals surface area contributed by atoms with E-state index in [1.54, 1.807) is 30.3 Å². The van der Waals surface area contributed by atoms with Gasteiger partial charge in [-0.2, -0.15) is 0 Å². The van der Waals surface area contributed by atoms with Gasteiger partial charge in [0.1, 0.15) is 0 Å². The predicted octanol–water partition coefficient (Wildman–Crippen LogP) is 4.50. The van der Waals surface area contributed by atoms with E-state index in [0.717, 1.165) is 0 Å². The van der Waals surface area contributed by atoms with Crippen LogP contribution in [0.3, 0.4) is 0 Å². The van der Waals surface area contributed by atoms with Crippen molar-refractivity contribution in [3.63, 3.8) is 0 Å². The molecule has 2 aromatic carbocycles. The minimum Gasteiger partial charge on any atom is -0.482 e. The molecule has 0 aromatic heterocycles. The molecule has 0 bridgehead atoms. The van der Waals surface area contributed by atoms with E-state index in [1.807, 2.05) is 0 Å². The third-order valence-electron chi connectivity index (χ3n) is 2.43. The Bertz CT molecular complexity index is 616. The van der Waals surface area contributed by atoms with Gasteiger partial charge in [0, 0.05) is 10.0 Å². The molecule has 0 heterocycles. The van der Waals surface area contributed by atoms with Crippen LogP contribution in [0.1, 0.15) is 10.4 Å². The molecule has 0 aliphatic heterocycles. The van der Waals surface area contributed by atoms with Crippen molar-refractivity contribution in [2.75, 3.05) is 6.61 Å². The smallest absolute Gasteiger partial charge is 0.201 e. The average molecular weight is 344 g/mol. The molecule has 0 aliphatic carbocycles. The summed E-state index contributed by atoms with van der Waals surface area (Å²) < 4.78 is 19.3. The summed E-state index contributed by atoms with van der Waals surface area (Å²) in [5.41, 5.74) is 0.361. The fourth-order valence-electron chi connectivity index (χ4n) is 1.50. The molecule has 0 saturated carbocycles. The first-order valence-corrected chi connectivity index (χ1v) is 6.60. The number of Topliss-reactive ketones (excluding diaryl/α,β-unsaturated/α-hetero) is 1. The van der Waals surface area contributed by atoms with Crippen LogP contribution >= 0.6 is 27.5 Å². The summed E-state index contributed by atoms with van der Waals surface area (Å²) in [6.45, 7) is -0.267. The number of ketones is 1. The van der Waals surface area contributed by atoms with Crippen LogP contribution < -0.4 is 4.74 Å². The molecule has 0 atom stereocenters. The molecule has 19 heavy (non-hydrogen) atoms. The molecule has 0 radical (unpaired) electrons. The Morgan fingerprint density at radius 3 is 2.74 bits per heavy atom. The number of hydrogen-bond donors (Lipinski definition) is 0. The molecule has 2 aromatic rings. The van der Waals surface area contributed by atoms with Crippen molar-refractivity contribution in [2.45, 2.75) is 0 Å². The number of ether oxygens (including phenoxy) is 1. The van der Waals surface area contributed by atoms with Crippen LogP contribution in [0.15, 0.2) is 46.9 Å². The van der Waals surface area contributed by atoms with Crippen LogP contribution in [-0.4, -0.2) is 12.4 Å². The molecule has 0 aliphatic rings. The maximum atomic E-state index is 13.4. The maximum absolute atomic E-state index is 13.4. The molecule has 0 amide bonds.